The van der Waals surface area contributed by atoms with Crippen LogP contribution < -0.4 is 15.4 Å². The Bertz CT molecular complexity index is 1490. The van der Waals surface area contributed by atoms with Gasteiger partial charge in [-0.2, -0.15) is 9.57 Å². The molecule has 3 aliphatic heterocycles. The number of nitrogens with zero attached hydrogens (tertiary/aromatic N) is 3. The highest BCUT2D eigenvalue weighted by molar-refractivity contribution is 8.41. The zero-order chi connectivity index (χ0) is 26.6. The molecule has 2 aromatic rings. The maximum atomic E-state index is 13.6. The Morgan fingerprint density at radius 3 is 2.49 bits per heavy atom. The number of sulfonamides is 1. The number of carbonyl (C=O) groups excluding carboxylic acids is 1. The second-order valence-corrected chi connectivity index (χ2v) is 14.5. The smallest absolute Gasteiger partial charge is 0.243 e. The Hall–Kier alpha value is -3.33. The number of hydrogen-bond donors (Lipinski definition) is 2. The van der Waals surface area contributed by atoms with Crippen LogP contribution in [0, 0.1) is 21.5 Å². The Kier molecular flexibility index (Phi) is 6.09. The number of allylic oxidation sites excluding steroid dienone is 1. The molecule has 0 bridgehead atoms. The number of anilines is 1. The summed E-state index contributed by atoms with van der Waals surface area (Å²) in [5, 5.41) is 19.3. The van der Waals surface area contributed by atoms with Gasteiger partial charge in [0, 0.05) is 64.7 Å². The first-order valence-electron chi connectivity index (χ1n) is 11.9. The largest absolute Gasteiger partial charge is 0.496 e. The second kappa shape index (κ2) is 8.90. The number of methoxy groups -OCH3 is 1. The van der Waals surface area contributed by atoms with Crippen LogP contribution >= 0.6 is 10.0 Å². The number of piperidine rings is 1. The summed E-state index contributed by atoms with van der Waals surface area (Å²) in [5.74, 6) is 0.517. The third-order valence-corrected chi connectivity index (χ3v) is 12.4. The van der Waals surface area contributed by atoms with Crippen LogP contribution in [0.15, 0.2) is 57.3 Å². The van der Waals surface area contributed by atoms with E-state index < -0.39 is 25.5 Å². The lowest BCUT2D eigenvalue weighted by atomic mass is 9.77. The number of nitrogens with two attached hydrogens (primary N) is 1. The van der Waals surface area contributed by atoms with Crippen molar-refractivity contribution in [2.75, 3.05) is 37.9 Å². The van der Waals surface area contributed by atoms with Crippen molar-refractivity contribution in [1.29, 1.82) is 10.7 Å². The normalized spacial score (nSPS) is 24.7. The van der Waals surface area contributed by atoms with Crippen LogP contribution in [0.4, 0.5) is 5.69 Å². The summed E-state index contributed by atoms with van der Waals surface area (Å²) in [6.45, 7) is 1.08. The highest BCUT2D eigenvalue weighted by Gasteiger charge is 2.50. The zero-order valence-electron chi connectivity index (χ0n) is 20.7. The van der Waals surface area contributed by atoms with Gasteiger partial charge < -0.3 is 20.8 Å². The summed E-state index contributed by atoms with van der Waals surface area (Å²) >= 11 is 0. The van der Waals surface area contributed by atoms with Crippen LogP contribution in [-0.2, 0) is 14.8 Å². The molecule has 0 saturated carbocycles. The predicted octanol–water partition coefficient (Wildman–Crippen LogP) is 3.50. The summed E-state index contributed by atoms with van der Waals surface area (Å²) in [6.07, 6.45) is 5.93. The van der Waals surface area contributed by atoms with E-state index in [0.29, 0.717) is 48.4 Å². The number of nitrogens with one attached hydrogen (secondary N) is 1. The third-order valence-electron chi connectivity index (χ3n) is 7.91. The van der Waals surface area contributed by atoms with Crippen molar-refractivity contribution in [2.24, 2.45) is 11.1 Å². The van der Waals surface area contributed by atoms with Gasteiger partial charge in [-0.15, -0.1) is 0 Å². The minimum Gasteiger partial charge on any atom is -0.496 e. The minimum atomic E-state index is -3.70. The van der Waals surface area contributed by atoms with Crippen molar-refractivity contribution < 1.29 is 17.9 Å². The molecule has 1 amide bonds. The van der Waals surface area contributed by atoms with Gasteiger partial charge in [0.15, 0.2) is 0 Å². The molecule has 3 heterocycles. The van der Waals surface area contributed by atoms with Crippen LogP contribution in [0.25, 0.3) is 5.57 Å². The average Bonchev–Trinajstić information content (AvgIpc) is 3.40. The number of carbonyl (C=O) groups is 1. The number of hydrogen-bond acceptors (Lipinski definition) is 7. The number of amides is 1. The fourth-order valence-electron chi connectivity index (χ4n) is 5.47. The molecule has 1 unspecified atom stereocenters. The molecule has 0 aromatic heterocycles. The SMILES string of the molecule is COc1cc(N2CCC3(CCN(S(=O)(=O)c4ccc5c(c4)S5(C)C#N)CC3)C2=O)ccc1/C(C=N)=C/N. The number of thiocyanates is 1. The van der Waals surface area contributed by atoms with E-state index in [1.165, 1.54) is 17.6 Å². The molecule has 5 rings (SSSR count). The molecule has 0 aliphatic carbocycles. The van der Waals surface area contributed by atoms with Crippen molar-refractivity contribution in [3.05, 3.63) is 48.2 Å². The molecule has 9 nitrogen and oxygen atoms in total. The van der Waals surface area contributed by atoms with Gasteiger partial charge in [-0.05, 0) is 55.9 Å². The van der Waals surface area contributed by atoms with E-state index in [4.69, 9.17) is 15.9 Å². The molecule has 2 saturated heterocycles. The summed E-state index contributed by atoms with van der Waals surface area (Å²) < 4.78 is 33.7. The van der Waals surface area contributed by atoms with Gasteiger partial charge in [-0.1, -0.05) is 10.0 Å². The van der Waals surface area contributed by atoms with Gasteiger partial charge in [0.1, 0.15) is 11.2 Å². The van der Waals surface area contributed by atoms with E-state index in [2.05, 4.69) is 5.40 Å². The van der Waals surface area contributed by atoms with Crippen LogP contribution in [0.5, 0.6) is 5.75 Å². The van der Waals surface area contributed by atoms with Crippen molar-refractivity contribution in [3.8, 4) is 11.2 Å². The molecule has 3 aliphatic rings. The fourth-order valence-corrected chi connectivity index (χ4v) is 9.08. The second-order valence-electron chi connectivity index (χ2n) is 9.66. The lowest BCUT2D eigenvalue weighted by Crippen LogP contribution is -2.46. The molecule has 1 atom stereocenters. The van der Waals surface area contributed by atoms with Crippen LogP contribution in [0.3, 0.4) is 0 Å². The lowest BCUT2D eigenvalue weighted by molar-refractivity contribution is -0.127. The number of nitriles is 1. The molecule has 2 fully saturated rings. The molecule has 3 N–H and O–H groups in total. The number of fused-ring (bicyclic) bond motifs is 1. The lowest BCUT2D eigenvalue weighted by Gasteiger charge is -2.37. The van der Waals surface area contributed by atoms with E-state index in [-0.39, 0.29) is 23.9 Å². The van der Waals surface area contributed by atoms with Crippen LogP contribution in [-0.4, -0.2) is 57.8 Å². The Morgan fingerprint density at radius 1 is 1.16 bits per heavy atom. The maximum absolute atomic E-state index is 13.6. The van der Waals surface area contributed by atoms with E-state index in [0.717, 1.165) is 16.0 Å². The van der Waals surface area contributed by atoms with E-state index in [1.54, 1.807) is 35.2 Å². The first-order chi connectivity index (χ1) is 17.6. The topological polar surface area (TPSA) is 141 Å². The molecule has 2 aromatic carbocycles. The van der Waals surface area contributed by atoms with E-state index in [1.807, 2.05) is 12.3 Å². The van der Waals surface area contributed by atoms with Gasteiger partial charge in [-0.25, -0.2) is 8.42 Å². The first-order valence-corrected chi connectivity index (χ1v) is 15.4. The van der Waals surface area contributed by atoms with Crippen LogP contribution in [0.1, 0.15) is 24.8 Å². The Balaban J connectivity index is 1.31. The van der Waals surface area contributed by atoms with Crippen molar-refractivity contribution >= 4 is 43.4 Å². The summed E-state index contributed by atoms with van der Waals surface area (Å²) in [4.78, 5) is 17.4. The van der Waals surface area contributed by atoms with Gasteiger partial charge in [0.2, 0.25) is 15.9 Å². The Labute approximate surface area is 218 Å². The molecule has 11 heteroatoms. The fraction of sp³-hybridized carbons (Fsp3) is 0.346. The quantitative estimate of drug-likeness (QED) is 0.327. The molecular weight excluding hydrogens is 510 g/mol. The molecular formula is C26H29N5O4S2. The maximum Gasteiger partial charge on any atom is 0.243 e. The van der Waals surface area contributed by atoms with Gasteiger partial charge in [0.25, 0.3) is 0 Å². The van der Waals surface area contributed by atoms with Gasteiger partial charge >= 0.3 is 0 Å². The zero-order valence-corrected chi connectivity index (χ0v) is 22.4. The average molecular weight is 540 g/mol. The first kappa shape index (κ1) is 25.3. The highest BCUT2D eigenvalue weighted by Crippen LogP contribution is 2.76. The van der Waals surface area contributed by atoms with E-state index in [9.17, 15) is 18.5 Å². The van der Waals surface area contributed by atoms with Gasteiger partial charge in [0.05, 0.1) is 17.4 Å². The summed E-state index contributed by atoms with van der Waals surface area (Å²) in [6, 6.07) is 10.4. The number of rotatable bonds is 6. The predicted molar refractivity (Wildman–Crippen MR) is 143 cm³/mol. The number of ether oxygens (including phenoxy) is 1. The standard InChI is InChI=1S/C26H29N5O4S2/c1-35-22-13-19(3-5-21(22)18(15-27)16-28)31-12-9-26(25(31)32)7-10-30(11-8-26)37(33,34)20-4-6-23-24(14-20)36(23,2)17-29/h3-6,13-16,27H,7-12,28H2,1-2H3/b18-16+,27-15?. The molecule has 1 spiro atoms. The van der Waals surface area contributed by atoms with E-state index >= 15 is 0 Å². The van der Waals surface area contributed by atoms with Crippen molar-refractivity contribution in [3.63, 3.8) is 0 Å². The Morgan fingerprint density at radius 2 is 1.86 bits per heavy atom. The minimum absolute atomic E-state index is 0.000984. The summed E-state index contributed by atoms with van der Waals surface area (Å²) in [7, 11) is -3.79. The summed E-state index contributed by atoms with van der Waals surface area (Å²) in [5.41, 5.74) is 6.91. The van der Waals surface area contributed by atoms with Gasteiger partial charge in [-0.3, -0.25) is 4.79 Å². The molecule has 0 radical (unpaired) electrons. The van der Waals surface area contributed by atoms with Crippen molar-refractivity contribution in [2.45, 2.75) is 33.9 Å². The van der Waals surface area contributed by atoms with Crippen molar-refractivity contribution in [1.82, 2.24) is 4.31 Å². The molecule has 37 heavy (non-hydrogen) atoms. The monoisotopic (exact) mass is 539 g/mol. The van der Waals surface area contributed by atoms with Crippen LogP contribution in [0.2, 0.25) is 0 Å². The highest BCUT2D eigenvalue weighted by atomic mass is 32.3. The number of benzene rings is 2. The molecule has 194 valence electrons. The third kappa shape index (κ3) is 3.82.